The van der Waals surface area contributed by atoms with Crippen molar-refractivity contribution < 1.29 is 4.79 Å². The molecule has 1 atom stereocenters. The van der Waals surface area contributed by atoms with Crippen LogP contribution in [0.3, 0.4) is 0 Å². The van der Waals surface area contributed by atoms with E-state index in [0.29, 0.717) is 12.2 Å². The van der Waals surface area contributed by atoms with Crippen LogP contribution in [-0.4, -0.2) is 28.3 Å². The molecule has 0 saturated carbocycles. The van der Waals surface area contributed by atoms with Gasteiger partial charge in [0.05, 0.1) is 0 Å². The summed E-state index contributed by atoms with van der Waals surface area (Å²) in [5, 5.41) is 6.92. The Kier molecular flexibility index (Phi) is 3.85. The first kappa shape index (κ1) is 11.7. The molecule has 0 spiro atoms. The van der Waals surface area contributed by atoms with Crippen molar-refractivity contribution in [1.82, 2.24) is 15.1 Å². The molecule has 1 aromatic heterocycles. The summed E-state index contributed by atoms with van der Waals surface area (Å²) in [5.41, 5.74) is 5.85. The van der Waals surface area contributed by atoms with Gasteiger partial charge in [0, 0.05) is 24.8 Å². The Morgan fingerprint density at radius 3 is 2.73 bits per heavy atom. The lowest BCUT2D eigenvalue weighted by Crippen LogP contribution is -2.38. The molecule has 1 aromatic rings. The van der Waals surface area contributed by atoms with E-state index in [-0.39, 0.29) is 18.0 Å². The molecule has 0 fully saturated rings. The number of nitrogens with two attached hydrogens (primary N) is 1. The van der Waals surface area contributed by atoms with Gasteiger partial charge in [-0.05, 0) is 26.8 Å². The second-order valence-corrected chi connectivity index (χ2v) is 3.88. The average Bonchev–Trinajstić information content (AvgIpc) is 2.66. The van der Waals surface area contributed by atoms with Crippen LogP contribution in [0.25, 0.3) is 0 Å². The lowest BCUT2D eigenvalue weighted by Gasteiger charge is -2.09. The van der Waals surface area contributed by atoms with Gasteiger partial charge in [0.25, 0.3) is 5.91 Å². The van der Waals surface area contributed by atoms with Gasteiger partial charge in [-0.15, -0.1) is 0 Å². The number of nitrogens with zero attached hydrogens (tertiary/aromatic N) is 2. The Bertz CT molecular complexity index is 332. The molecule has 0 radical (unpaired) electrons. The van der Waals surface area contributed by atoms with Gasteiger partial charge in [0.15, 0.2) is 0 Å². The van der Waals surface area contributed by atoms with Crippen LogP contribution in [0.15, 0.2) is 12.3 Å². The van der Waals surface area contributed by atoms with E-state index in [1.807, 2.05) is 20.8 Å². The summed E-state index contributed by atoms with van der Waals surface area (Å²) in [6, 6.07) is 1.94. The van der Waals surface area contributed by atoms with Crippen molar-refractivity contribution in [3.05, 3.63) is 18.0 Å². The molecule has 5 nitrogen and oxygen atoms in total. The molecule has 15 heavy (non-hydrogen) atoms. The highest BCUT2D eigenvalue weighted by Crippen LogP contribution is 2.04. The van der Waals surface area contributed by atoms with Crippen LogP contribution in [0.2, 0.25) is 0 Å². The summed E-state index contributed by atoms with van der Waals surface area (Å²) in [6.07, 6.45) is 1.80. The van der Waals surface area contributed by atoms with E-state index in [0.717, 1.165) is 0 Å². The van der Waals surface area contributed by atoms with Crippen LogP contribution >= 0.6 is 0 Å². The lowest BCUT2D eigenvalue weighted by atomic mass is 10.3. The number of nitrogens with one attached hydrogen (secondary N) is 1. The molecule has 0 unspecified atom stereocenters. The minimum Gasteiger partial charge on any atom is -0.347 e. The molecular weight excluding hydrogens is 192 g/mol. The topological polar surface area (TPSA) is 72.9 Å². The zero-order valence-electron chi connectivity index (χ0n) is 9.40. The van der Waals surface area contributed by atoms with Crippen molar-refractivity contribution in [2.24, 2.45) is 5.73 Å². The Morgan fingerprint density at radius 1 is 1.60 bits per heavy atom. The van der Waals surface area contributed by atoms with Gasteiger partial charge in [-0.2, -0.15) is 5.10 Å². The van der Waals surface area contributed by atoms with Gasteiger partial charge < -0.3 is 11.1 Å². The van der Waals surface area contributed by atoms with E-state index in [1.165, 1.54) is 0 Å². The quantitative estimate of drug-likeness (QED) is 0.761. The van der Waals surface area contributed by atoms with Crippen LogP contribution in [-0.2, 0) is 0 Å². The van der Waals surface area contributed by atoms with Gasteiger partial charge in [-0.3, -0.25) is 9.48 Å². The van der Waals surface area contributed by atoms with E-state index in [9.17, 15) is 4.79 Å². The normalized spacial score (nSPS) is 12.9. The summed E-state index contributed by atoms with van der Waals surface area (Å²) >= 11 is 0. The molecule has 3 N–H and O–H groups in total. The van der Waals surface area contributed by atoms with Gasteiger partial charge in [0.1, 0.15) is 5.69 Å². The summed E-state index contributed by atoms with van der Waals surface area (Å²) in [7, 11) is 0. The third kappa shape index (κ3) is 3.06. The van der Waals surface area contributed by atoms with Crippen molar-refractivity contribution in [2.45, 2.75) is 32.9 Å². The first-order valence-corrected chi connectivity index (χ1v) is 5.10. The number of hydrogen-bond donors (Lipinski definition) is 2. The second kappa shape index (κ2) is 4.93. The summed E-state index contributed by atoms with van der Waals surface area (Å²) < 4.78 is 1.75. The zero-order valence-corrected chi connectivity index (χ0v) is 9.40. The molecule has 0 aliphatic rings. The summed E-state index contributed by atoms with van der Waals surface area (Å²) in [4.78, 5) is 11.6. The number of rotatable bonds is 4. The predicted octanol–water partition coefficient (Wildman–Crippen LogP) is 0.541. The minimum absolute atomic E-state index is 0.0262. The van der Waals surface area contributed by atoms with Crippen molar-refractivity contribution >= 4 is 5.91 Å². The van der Waals surface area contributed by atoms with Crippen molar-refractivity contribution in [2.75, 3.05) is 6.54 Å². The molecule has 84 valence electrons. The SMILES string of the molecule is CC(C)n1ccc(C(=O)N[C@@H](C)CN)n1. The maximum atomic E-state index is 11.6. The number of carbonyl (C=O) groups is 1. The van der Waals surface area contributed by atoms with Crippen LogP contribution in [0, 0.1) is 0 Å². The molecule has 0 bridgehead atoms. The van der Waals surface area contributed by atoms with E-state index < -0.39 is 0 Å². The molecule has 5 heteroatoms. The Balaban J connectivity index is 2.66. The smallest absolute Gasteiger partial charge is 0.272 e. The predicted molar refractivity (Wildman–Crippen MR) is 58.6 cm³/mol. The first-order valence-electron chi connectivity index (χ1n) is 5.10. The van der Waals surface area contributed by atoms with Crippen molar-refractivity contribution in [3.8, 4) is 0 Å². The van der Waals surface area contributed by atoms with Gasteiger partial charge in [0.2, 0.25) is 0 Å². The fourth-order valence-corrected chi connectivity index (χ4v) is 1.10. The molecule has 0 aliphatic carbocycles. The average molecular weight is 210 g/mol. The molecule has 0 aliphatic heterocycles. The van der Waals surface area contributed by atoms with Gasteiger partial charge >= 0.3 is 0 Å². The molecule has 1 amide bonds. The Hall–Kier alpha value is -1.36. The van der Waals surface area contributed by atoms with Crippen LogP contribution in [0.5, 0.6) is 0 Å². The number of carbonyl (C=O) groups excluding carboxylic acids is 1. The molecular formula is C10H18N4O. The van der Waals surface area contributed by atoms with Crippen molar-refractivity contribution in [1.29, 1.82) is 0 Å². The number of aromatic nitrogens is 2. The first-order chi connectivity index (χ1) is 7.04. The Morgan fingerprint density at radius 2 is 2.27 bits per heavy atom. The van der Waals surface area contributed by atoms with E-state index in [1.54, 1.807) is 16.9 Å². The minimum atomic E-state index is -0.174. The second-order valence-electron chi connectivity index (χ2n) is 3.88. The van der Waals surface area contributed by atoms with Crippen LogP contribution < -0.4 is 11.1 Å². The number of hydrogen-bond acceptors (Lipinski definition) is 3. The van der Waals surface area contributed by atoms with Gasteiger partial charge in [-0.1, -0.05) is 0 Å². The van der Waals surface area contributed by atoms with Crippen LogP contribution in [0.1, 0.15) is 37.3 Å². The van der Waals surface area contributed by atoms with Crippen LogP contribution in [0.4, 0.5) is 0 Å². The zero-order chi connectivity index (χ0) is 11.4. The molecule has 1 rings (SSSR count). The van der Waals surface area contributed by atoms with E-state index in [2.05, 4.69) is 10.4 Å². The van der Waals surface area contributed by atoms with Crippen molar-refractivity contribution in [3.63, 3.8) is 0 Å². The molecule has 1 heterocycles. The lowest BCUT2D eigenvalue weighted by molar-refractivity contribution is 0.0935. The van der Waals surface area contributed by atoms with Gasteiger partial charge in [-0.25, -0.2) is 0 Å². The standard InChI is InChI=1S/C10H18N4O/c1-7(2)14-5-4-9(13-14)10(15)12-8(3)6-11/h4-5,7-8H,6,11H2,1-3H3,(H,12,15)/t8-/m0/s1. The highest BCUT2D eigenvalue weighted by molar-refractivity contribution is 5.92. The largest absolute Gasteiger partial charge is 0.347 e. The summed E-state index contributed by atoms with van der Waals surface area (Å²) in [6.45, 7) is 6.31. The fourth-order valence-electron chi connectivity index (χ4n) is 1.10. The van der Waals surface area contributed by atoms with E-state index >= 15 is 0 Å². The number of amides is 1. The third-order valence-corrected chi connectivity index (χ3v) is 2.10. The highest BCUT2D eigenvalue weighted by Gasteiger charge is 2.12. The van der Waals surface area contributed by atoms with E-state index in [4.69, 9.17) is 5.73 Å². The maximum Gasteiger partial charge on any atom is 0.272 e. The molecule has 0 aromatic carbocycles. The monoisotopic (exact) mass is 210 g/mol. The Labute approximate surface area is 89.6 Å². The third-order valence-electron chi connectivity index (χ3n) is 2.10. The molecule has 0 saturated heterocycles. The maximum absolute atomic E-state index is 11.6. The fraction of sp³-hybridized carbons (Fsp3) is 0.600. The highest BCUT2D eigenvalue weighted by atomic mass is 16.2. The summed E-state index contributed by atoms with van der Waals surface area (Å²) in [5.74, 6) is -0.174.